The zero-order valence-electron chi connectivity index (χ0n) is 11.5. The van der Waals surface area contributed by atoms with E-state index in [9.17, 15) is 0 Å². The van der Waals surface area contributed by atoms with Gasteiger partial charge in [0.15, 0.2) is 5.82 Å². The number of aryl methyl sites for hydroxylation is 1. The number of piperidine rings is 1. The van der Waals surface area contributed by atoms with Crippen molar-refractivity contribution in [2.75, 3.05) is 13.1 Å². The van der Waals surface area contributed by atoms with Crippen LogP contribution in [0.5, 0.6) is 0 Å². The monoisotopic (exact) mass is 335 g/mol. The molecule has 1 unspecified atom stereocenters. The number of aromatic nitrogens is 2. The van der Waals surface area contributed by atoms with Crippen LogP contribution in [-0.4, -0.2) is 23.2 Å². The lowest BCUT2D eigenvalue weighted by molar-refractivity contribution is 0.360. The van der Waals surface area contributed by atoms with Crippen LogP contribution >= 0.6 is 15.9 Å². The van der Waals surface area contributed by atoms with Gasteiger partial charge in [0.25, 0.3) is 5.89 Å². The molecule has 0 amide bonds. The Morgan fingerprint density at radius 3 is 3.10 bits per heavy atom. The first-order chi connectivity index (χ1) is 9.72. The molecule has 5 heteroatoms. The molecule has 20 heavy (non-hydrogen) atoms. The SMILES string of the molecule is Cc1ccc(-c2nc(CC3CCCNC3)no2)c(Br)c1. The molecule has 1 aromatic heterocycles. The molecule has 2 heterocycles. The first kappa shape index (κ1) is 13.8. The van der Waals surface area contributed by atoms with Crippen LogP contribution < -0.4 is 5.32 Å². The van der Waals surface area contributed by atoms with Crippen LogP contribution in [0.1, 0.15) is 24.2 Å². The fraction of sp³-hybridized carbons (Fsp3) is 0.467. The molecule has 0 bridgehead atoms. The van der Waals surface area contributed by atoms with Crippen molar-refractivity contribution < 1.29 is 4.52 Å². The van der Waals surface area contributed by atoms with E-state index in [1.165, 1.54) is 18.4 Å². The van der Waals surface area contributed by atoms with Gasteiger partial charge in [-0.15, -0.1) is 0 Å². The van der Waals surface area contributed by atoms with Gasteiger partial charge in [-0.1, -0.05) is 11.2 Å². The average Bonchev–Trinajstić information content (AvgIpc) is 2.88. The van der Waals surface area contributed by atoms with Gasteiger partial charge in [0.05, 0.1) is 5.56 Å². The minimum atomic E-state index is 0.593. The second-order valence-electron chi connectivity index (χ2n) is 5.42. The van der Waals surface area contributed by atoms with Crippen molar-refractivity contribution in [3.8, 4) is 11.5 Å². The Labute approximate surface area is 127 Å². The Hall–Kier alpha value is -1.20. The van der Waals surface area contributed by atoms with E-state index < -0.39 is 0 Å². The van der Waals surface area contributed by atoms with Crippen LogP contribution in [0.15, 0.2) is 27.2 Å². The highest BCUT2D eigenvalue weighted by Gasteiger charge is 2.18. The largest absolute Gasteiger partial charge is 0.334 e. The summed E-state index contributed by atoms with van der Waals surface area (Å²) in [5.74, 6) is 2.02. The third-order valence-electron chi connectivity index (χ3n) is 3.69. The first-order valence-corrected chi connectivity index (χ1v) is 7.81. The molecule has 1 saturated heterocycles. The number of hydrogen-bond acceptors (Lipinski definition) is 4. The molecule has 1 N–H and O–H groups in total. The number of halogens is 1. The second kappa shape index (κ2) is 6.06. The van der Waals surface area contributed by atoms with Crippen molar-refractivity contribution in [1.29, 1.82) is 0 Å². The Morgan fingerprint density at radius 2 is 2.35 bits per heavy atom. The molecular formula is C15H18BrN3O. The maximum atomic E-state index is 5.40. The van der Waals surface area contributed by atoms with Gasteiger partial charge in [-0.25, -0.2) is 0 Å². The van der Waals surface area contributed by atoms with E-state index in [1.54, 1.807) is 0 Å². The summed E-state index contributed by atoms with van der Waals surface area (Å²) < 4.78 is 6.39. The summed E-state index contributed by atoms with van der Waals surface area (Å²) >= 11 is 3.55. The summed E-state index contributed by atoms with van der Waals surface area (Å²) in [5.41, 5.74) is 2.16. The molecule has 1 aromatic carbocycles. The Balaban J connectivity index is 1.75. The molecule has 1 fully saturated rings. The number of rotatable bonds is 3. The maximum absolute atomic E-state index is 5.40. The molecule has 2 aromatic rings. The molecule has 0 radical (unpaired) electrons. The van der Waals surface area contributed by atoms with Crippen molar-refractivity contribution >= 4 is 15.9 Å². The van der Waals surface area contributed by atoms with E-state index in [0.29, 0.717) is 11.8 Å². The third kappa shape index (κ3) is 3.10. The Morgan fingerprint density at radius 1 is 1.45 bits per heavy atom. The molecular weight excluding hydrogens is 318 g/mol. The minimum Gasteiger partial charge on any atom is -0.334 e. The van der Waals surface area contributed by atoms with Gasteiger partial charge in [-0.2, -0.15) is 4.98 Å². The van der Waals surface area contributed by atoms with Crippen LogP contribution in [-0.2, 0) is 6.42 Å². The smallest absolute Gasteiger partial charge is 0.259 e. The lowest BCUT2D eigenvalue weighted by Gasteiger charge is -2.20. The van der Waals surface area contributed by atoms with Crippen LogP contribution in [0, 0.1) is 12.8 Å². The highest BCUT2D eigenvalue weighted by Crippen LogP contribution is 2.28. The molecule has 3 rings (SSSR count). The van der Waals surface area contributed by atoms with Gasteiger partial charge in [0.2, 0.25) is 0 Å². The summed E-state index contributed by atoms with van der Waals surface area (Å²) in [6.07, 6.45) is 3.37. The fourth-order valence-corrected chi connectivity index (χ4v) is 3.26. The highest BCUT2D eigenvalue weighted by atomic mass is 79.9. The Kier molecular flexibility index (Phi) is 4.17. The van der Waals surface area contributed by atoms with Crippen molar-refractivity contribution in [1.82, 2.24) is 15.5 Å². The number of nitrogens with zero attached hydrogens (tertiary/aromatic N) is 2. The molecule has 1 aliphatic heterocycles. The van der Waals surface area contributed by atoms with Gasteiger partial charge in [0, 0.05) is 10.9 Å². The van der Waals surface area contributed by atoms with E-state index in [1.807, 2.05) is 6.07 Å². The maximum Gasteiger partial charge on any atom is 0.259 e. The van der Waals surface area contributed by atoms with Crippen LogP contribution in [0.4, 0.5) is 0 Å². The zero-order chi connectivity index (χ0) is 13.9. The number of nitrogens with one attached hydrogen (secondary N) is 1. The van der Waals surface area contributed by atoms with Crippen LogP contribution in [0.3, 0.4) is 0 Å². The molecule has 1 aliphatic rings. The lowest BCUT2D eigenvalue weighted by Crippen LogP contribution is -2.31. The van der Waals surface area contributed by atoms with Crippen molar-refractivity contribution in [3.63, 3.8) is 0 Å². The summed E-state index contributed by atoms with van der Waals surface area (Å²) in [6.45, 7) is 4.24. The Bertz CT molecular complexity index is 591. The fourth-order valence-electron chi connectivity index (χ4n) is 2.60. The van der Waals surface area contributed by atoms with Crippen LogP contribution in [0.25, 0.3) is 11.5 Å². The van der Waals surface area contributed by atoms with Crippen molar-refractivity contribution in [2.24, 2.45) is 5.92 Å². The molecule has 0 spiro atoms. The molecule has 0 aliphatic carbocycles. The van der Waals surface area contributed by atoms with E-state index in [2.05, 4.69) is 50.4 Å². The number of benzene rings is 1. The van der Waals surface area contributed by atoms with E-state index in [0.717, 1.165) is 35.4 Å². The lowest BCUT2D eigenvalue weighted by atomic mass is 9.96. The van der Waals surface area contributed by atoms with E-state index in [-0.39, 0.29) is 0 Å². The standard InChI is InChI=1S/C15H18BrN3O/c1-10-4-5-12(13(16)7-10)15-18-14(19-20-15)8-11-3-2-6-17-9-11/h4-5,7,11,17H,2-3,6,8-9H2,1H3. The predicted octanol–water partition coefficient (Wildman–Crippen LogP) is 3.35. The average molecular weight is 336 g/mol. The molecule has 1 atom stereocenters. The molecule has 106 valence electrons. The summed E-state index contributed by atoms with van der Waals surface area (Å²) in [7, 11) is 0. The van der Waals surface area contributed by atoms with Crippen molar-refractivity contribution in [2.45, 2.75) is 26.2 Å². The normalized spacial score (nSPS) is 19.2. The second-order valence-corrected chi connectivity index (χ2v) is 6.27. The topological polar surface area (TPSA) is 51.0 Å². The molecule has 4 nitrogen and oxygen atoms in total. The predicted molar refractivity (Wildman–Crippen MR) is 81.5 cm³/mol. The number of hydrogen-bond donors (Lipinski definition) is 1. The van der Waals surface area contributed by atoms with E-state index >= 15 is 0 Å². The zero-order valence-corrected chi connectivity index (χ0v) is 13.1. The highest BCUT2D eigenvalue weighted by molar-refractivity contribution is 9.10. The van der Waals surface area contributed by atoms with Gasteiger partial charge in [-0.3, -0.25) is 0 Å². The third-order valence-corrected chi connectivity index (χ3v) is 4.35. The van der Waals surface area contributed by atoms with Gasteiger partial charge in [0.1, 0.15) is 0 Å². The van der Waals surface area contributed by atoms with Gasteiger partial charge < -0.3 is 9.84 Å². The van der Waals surface area contributed by atoms with Gasteiger partial charge >= 0.3 is 0 Å². The quantitative estimate of drug-likeness (QED) is 0.934. The summed E-state index contributed by atoms with van der Waals surface area (Å²) in [6, 6.07) is 6.12. The first-order valence-electron chi connectivity index (χ1n) is 7.02. The summed E-state index contributed by atoms with van der Waals surface area (Å²) in [4.78, 5) is 4.53. The van der Waals surface area contributed by atoms with Gasteiger partial charge in [-0.05, 0) is 72.4 Å². The molecule has 0 saturated carbocycles. The minimum absolute atomic E-state index is 0.593. The van der Waals surface area contributed by atoms with Crippen LogP contribution in [0.2, 0.25) is 0 Å². The van der Waals surface area contributed by atoms with E-state index in [4.69, 9.17) is 4.52 Å². The van der Waals surface area contributed by atoms with Crippen molar-refractivity contribution in [3.05, 3.63) is 34.1 Å². The summed E-state index contributed by atoms with van der Waals surface area (Å²) in [5, 5.41) is 7.53.